The standard InChI is InChI=1S/C25H40N2OS2/c1-2-3-4-5-6-7-8-9-10-11-12-13-14-15-16-17-18-19-20-25(28)27-22-24-30-29-23-21-26/h3-4,6-7,9-10,12-13,15-16,18-19H,2,5,8,11,14,17,20-24,26H2,1H3,(H,27,28)/b4-3-,7-6-,10-9-,13-12-,16-15-,19-18-. The van der Waals surface area contributed by atoms with Gasteiger partial charge in [0.25, 0.3) is 0 Å². The van der Waals surface area contributed by atoms with Crippen molar-refractivity contribution in [2.45, 2.75) is 51.9 Å². The number of carbonyl (C=O) groups is 1. The van der Waals surface area contributed by atoms with Crippen LogP contribution >= 0.6 is 21.6 Å². The van der Waals surface area contributed by atoms with Crippen molar-refractivity contribution in [2.75, 3.05) is 24.6 Å². The molecule has 0 heterocycles. The molecule has 168 valence electrons. The monoisotopic (exact) mass is 448 g/mol. The van der Waals surface area contributed by atoms with Gasteiger partial charge in [0.2, 0.25) is 5.91 Å². The summed E-state index contributed by atoms with van der Waals surface area (Å²) in [6, 6.07) is 0. The van der Waals surface area contributed by atoms with Gasteiger partial charge < -0.3 is 11.1 Å². The Labute approximate surface area is 192 Å². The highest BCUT2D eigenvalue weighted by atomic mass is 33.1. The fourth-order valence-corrected chi connectivity index (χ4v) is 3.95. The molecule has 0 aliphatic rings. The highest BCUT2D eigenvalue weighted by molar-refractivity contribution is 8.76. The summed E-state index contributed by atoms with van der Waals surface area (Å²) >= 11 is 0. The number of rotatable bonds is 19. The van der Waals surface area contributed by atoms with Gasteiger partial charge in [-0.2, -0.15) is 0 Å². The molecule has 0 aliphatic heterocycles. The van der Waals surface area contributed by atoms with Gasteiger partial charge >= 0.3 is 0 Å². The summed E-state index contributed by atoms with van der Waals surface area (Å²) in [5, 5.41) is 2.92. The van der Waals surface area contributed by atoms with Gasteiger partial charge in [0.1, 0.15) is 0 Å². The molecule has 0 spiro atoms. The van der Waals surface area contributed by atoms with Crippen molar-refractivity contribution in [1.29, 1.82) is 0 Å². The van der Waals surface area contributed by atoms with E-state index in [1.54, 1.807) is 21.6 Å². The van der Waals surface area contributed by atoms with E-state index >= 15 is 0 Å². The molecule has 0 bridgehead atoms. The first-order valence-electron chi connectivity index (χ1n) is 10.9. The van der Waals surface area contributed by atoms with Crippen LogP contribution in [0.15, 0.2) is 72.9 Å². The minimum absolute atomic E-state index is 0.0828. The van der Waals surface area contributed by atoms with Crippen LogP contribution in [-0.2, 0) is 4.79 Å². The van der Waals surface area contributed by atoms with Gasteiger partial charge in [0.15, 0.2) is 0 Å². The Balaban J connectivity index is 3.55. The lowest BCUT2D eigenvalue weighted by Gasteiger charge is -2.02. The van der Waals surface area contributed by atoms with Crippen LogP contribution < -0.4 is 11.1 Å². The third-order valence-corrected chi connectivity index (χ3v) is 6.13. The predicted octanol–water partition coefficient (Wildman–Crippen LogP) is 6.53. The first-order chi connectivity index (χ1) is 14.8. The number of nitrogens with two attached hydrogens (primary N) is 1. The van der Waals surface area contributed by atoms with Crippen molar-refractivity contribution < 1.29 is 4.79 Å². The summed E-state index contributed by atoms with van der Waals surface area (Å²) in [5.41, 5.74) is 5.42. The average Bonchev–Trinajstić information content (AvgIpc) is 2.75. The van der Waals surface area contributed by atoms with Gasteiger partial charge in [-0.15, -0.1) is 0 Å². The Morgan fingerprint density at radius 1 is 0.700 bits per heavy atom. The first kappa shape index (κ1) is 28.6. The second-order valence-electron chi connectivity index (χ2n) is 6.40. The number of hydrogen-bond donors (Lipinski definition) is 2. The molecule has 0 atom stereocenters. The van der Waals surface area contributed by atoms with Crippen molar-refractivity contribution in [1.82, 2.24) is 5.32 Å². The average molecular weight is 449 g/mol. The van der Waals surface area contributed by atoms with Crippen LogP contribution in [0.25, 0.3) is 0 Å². The van der Waals surface area contributed by atoms with E-state index in [2.05, 4.69) is 73.0 Å². The summed E-state index contributed by atoms with van der Waals surface area (Å²) < 4.78 is 0. The van der Waals surface area contributed by atoms with Crippen LogP contribution in [0.3, 0.4) is 0 Å². The van der Waals surface area contributed by atoms with Crippen LogP contribution in [-0.4, -0.2) is 30.5 Å². The van der Waals surface area contributed by atoms with Gasteiger partial charge in [-0.3, -0.25) is 4.79 Å². The molecule has 3 nitrogen and oxygen atoms in total. The fourth-order valence-electron chi connectivity index (χ4n) is 2.18. The van der Waals surface area contributed by atoms with E-state index < -0.39 is 0 Å². The minimum Gasteiger partial charge on any atom is -0.355 e. The predicted molar refractivity (Wildman–Crippen MR) is 140 cm³/mol. The summed E-state index contributed by atoms with van der Waals surface area (Å²) in [6.07, 6.45) is 32.3. The second kappa shape index (κ2) is 25.6. The molecule has 0 rings (SSSR count). The van der Waals surface area contributed by atoms with E-state index in [0.29, 0.717) is 19.5 Å². The maximum Gasteiger partial charge on any atom is 0.223 e. The Bertz CT molecular complexity index is 563. The lowest BCUT2D eigenvalue weighted by Crippen LogP contribution is -2.24. The molecule has 0 saturated carbocycles. The molecule has 0 aromatic carbocycles. The zero-order chi connectivity index (χ0) is 22.0. The molecule has 5 heteroatoms. The summed E-state index contributed by atoms with van der Waals surface area (Å²) in [6.45, 7) is 3.57. The van der Waals surface area contributed by atoms with Crippen molar-refractivity contribution in [3.05, 3.63) is 72.9 Å². The van der Waals surface area contributed by atoms with Crippen LogP contribution in [0.4, 0.5) is 0 Å². The molecule has 0 fully saturated rings. The molecule has 0 aliphatic carbocycles. The van der Waals surface area contributed by atoms with Crippen LogP contribution in [0, 0.1) is 0 Å². The van der Waals surface area contributed by atoms with E-state index in [1.165, 1.54) is 0 Å². The van der Waals surface area contributed by atoms with Crippen LogP contribution in [0.5, 0.6) is 0 Å². The maximum absolute atomic E-state index is 11.7. The van der Waals surface area contributed by atoms with E-state index in [9.17, 15) is 4.79 Å². The topological polar surface area (TPSA) is 55.1 Å². The molecule has 0 aromatic heterocycles. The summed E-state index contributed by atoms with van der Waals surface area (Å²) in [4.78, 5) is 11.7. The SMILES string of the molecule is CC/C=C\C/C=C\C/C=C\C/C=C\C/C=C\C/C=C\CC(=O)NCCSSCCN. The number of nitrogens with one attached hydrogen (secondary N) is 1. The smallest absolute Gasteiger partial charge is 0.223 e. The van der Waals surface area contributed by atoms with Gasteiger partial charge in [-0.25, -0.2) is 0 Å². The number of amides is 1. The highest BCUT2D eigenvalue weighted by Crippen LogP contribution is 2.18. The maximum atomic E-state index is 11.7. The van der Waals surface area contributed by atoms with Crippen LogP contribution in [0.1, 0.15) is 51.9 Å². The quantitative estimate of drug-likeness (QED) is 0.134. The molecule has 30 heavy (non-hydrogen) atoms. The van der Waals surface area contributed by atoms with E-state index in [4.69, 9.17) is 5.73 Å². The van der Waals surface area contributed by atoms with Gasteiger partial charge in [-0.05, 0) is 38.5 Å². The molecule has 1 amide bonds. The van der Waals surface area contributed by atoms with Crippen molar-refractivity contribution in [3.63, 3.8) is 0 Å². The normalized spacial score (nSPS) is 12.7. The molecular weight excluding hydrogens is 408 g/mol. The van der Waals surface area contributed by atoms with E-state index in [1.807, 2.05) is 12.2 Å². The lowest BCUT2D eigenvalue weighted by atomic mass is 10.2. The van der Waals surface area contributed by atoms with E-state index in [-0.39, 0.29) is 5.91 Å². The van der Waals surface area contributed by atoms with Crippen LogP contribution in [0.2, 0.25) is 0 Å². The molecule has 3 N–H and O–H groups in total. The lowest BCUT2D eigenvalue weighted by molar-refractivity contribution is -0.120. The zero-order valence-corrected chi connectivity index (χ0v) is 20.1. The van der Waals surface area contributed by atoms with E-state index in [0.717, 1.165) is 50.0 Å². The largest absolute Gasteiger partial charge is 0.355 e. The van der Waals surface area contributed by atoms with Crippen molar-refractivity contribution in [3.8, 4) is 0 Å². The minimum atomic E-state index is 0.0828. The van der Waals surface area contributed by atoms with Gasteiger partial charge in [-0.1, -0.05) is 101 Å². The first-order valence-corrected chi connectivity index (χ1v) is 13.4. The molecule has 0 aromatic rings. The molecule has 0 radical (unpaired) electrons. The van der Waals surface area contributed by atoms with Crippen molar-refractivity contribution >= 4 is 27.5 Å². The Kier molecular flexibility index (Phi) is 24.4. The Morgan fingerprint density at radius 3 is 1.60 bits per heavy atom. The zero-order valence-electron chi connectivity index (χ0n) is 18.5. The summed E-state index contributed by atoms with van der Waals surface area (Å²) in [5.74, 6) is 1.96. The summed E-state index contributed by atoms with van der Waals surface area (Å²) in [7, 11) is 3.50. The molecule has 0 unspecified atom stereocenters. The van der Waals surface area contributed by atoms with Gasteiger partial charge in [0, 0.05) is 31.0 Å². The van der Waals surface area contributed by atoms with Crippen molar-refractivity contribution in [2.24, 2.45) is 5.73 Å². The Morgan fingerprint density at radius 2 is 1.13 bits per heavy atom. The highest BCUT2D eigenvalue weighted by Gasteiger charge is 1.96. The second-order valence-corrected chi connectivity index (χ2v) is 9.10. The third kappa shape index (κ3) is 24.6. The number of allylic oxidation sites excluding steroid dienone is 11. The third-order valence-electron chi connectivity index (χ3n) is 3.69. The molecule has 0 saturated heterocycles. The number of carbonyl (C=O) groups excluding carboxylic acids is 1. The fraction of sp³-hybridized carbons (Fsp3) is 0.480. The number of hydrogen-bond acceptors (Lipinski definition) is 4. The molecular formula is C25H40N2OS2. The Hall–Kier alpha value is -1.43. The van der Waals surface area contributed by atoms with Gasteiger partial charge in [0.05, 0.1) is 0 Å².